The second-order valence-corrected chi connectivity index (χ2v) is 6.38. The van der Waals surface area contributed by atoms with E-state index in [0.717, 1.165) is 0 Å². The summed E-state index contributed by atoms with van der Waals surface area (Å²) in [7, 11) is -3.79. The van der Waals surface area contributed by atoms with Gasteiger partial charge in [-0.3, -0.25) is 0 Å². The molecule has 3 N–H and O–H groups in total. The molecule has 0 unspecified atom stereocenters. The van der Waals surface area contributed by atoms with E-state index in [1.165, 1.54) is 18.4 Å². The van der Waals surface area contributed by atoms with Crippen LogP contribution in [0.1, 0.15) is 11.3 Å². The Balaban J connectivity index is 2.30. The molecule has 0 saturated carbocycles. The highest BCUT2D eigenvalue weighted by molar-refractivity contribution is 7.89. The van der Waals surface area contributed by atoms with Gasteiger partial charge in [-0.1, -0.05) is 28.4 Å². The van der Waals surface area contributed by atoms with Crippen LogP contribution in [-0.4, -0.2) is 13.6 Å². The van der Waals surface area contributed by atoms with Crippen LogP contribution >= 0.6 is 23.2 Å². The lowest BCUT2D eigenvalue weighted by Crippen LogP contribution is -2.24. The van der Waals surface area contributed by atoms with E-state index in [2.05, 4.69) is 14.4 Å². The molecule has 0 radical (unpaired) electrons. The van der Waals surface area contributed by atoms with Crippen molar-refractivity contribution in [2.24, 2.45) is 5.73 Å². The Kier molecular flexibility index (Phi) is 4.66. The van der Waals surface area contributed by atoms with Gasteiger partial charge in [-0.2, -0.15) is 0 Å². The molecule has 1 heterocycles. The summed E-state index contributed by atoms with van der Waals surface area (Å²) in [5.74, 6) is 0. The first kappa shape index (κ1) is 15.3. The summed E-state index contributed by atoms with van der Waals surface area (Å²) in [4.78, 5) is -0.0764. The minimum absolute atomic E-state index is 0.00422. The van der Waals surface area contributed by atoms with Gasteiger partial charge in [0, 0.05) is 23.2 Å². The monoisotopic (exact) mass is 335 g/mol. The Morgan fingerprint density at radius 1 is 1.30 bits per heavy atom. The molecular formula is C11H11Cl2N3O3S. The number of nitrogens with zero attached hydrogens (tertiary/aromatic N) is 1. The molecule has 0 saturated heterocycles. The van der Waals surface area contributed by atoms with Crippen LogP contribution in [0.15, 0.2) is 33.9 Å². The Morgan fingerprint density at radius 3 is 2.65 bits per heavy atom. The van der Waals surface area contributed by atoms with E-state index in [1.54, 1.807) is 6.07 Å². The lowest BCUT2D eigenvalue weighted by Gasteiger charge is -2.11. The van der Waals surface area contributed by atoms with E-state index in [0.29, 0.717) is 16.3 Å². The zero-order valence-corrected chi connectivity index (χ0v) is 12.5. The van der Waals surface area contributed by atoms with Gasteiger partial charge in [0.25, 0.3) is 0 Å². The largest absolute Gasteiger partial charge is 0.364 e. The molecule has 6 nitrogen and oxygen atoms in total. The fourth-order valence-electron chi connectivity index (χ4n) is 1.55. The van der Waals surface area contributed by atoms with Crippen molar-refractivity contribution in [3.63, 3.8) is 0 Å². The van der Waals surface area contributed by atoms with Crippen molar-refractivity contribution in [2.45, 2.75) is 18.0 Å². The Morgan fingerprint density at radius 2 is 2.05 bits per heavy atom. The van der Waals surface area contributed by atoms with Crippen LogP contribution in [0.25, 0.3) is 0 Å². The van der Waals surface area contributed by atoms with Gasteiger partial charge in [-0.25, -0.2) is 13.1 Å². The molecule has 0 bridgehead atoms. The highest BCUT2D eigenvalue weighted by Crippen LogP contribution is 2.30. The molecule has 108 valence electrons. The minimum Gasteiger partial charge on any atom is -0.364 e. The molecule has 1 aromatic carbocycles. The predicted molar refractivity (Wildman–Crippen MR) is 74.9 cm³/mol. The summed E-state index contributed by atoms with van der Waals surface area (Å²) in [5, 5.41) is 3.95. The van der Waals surface area contributed by atoms with Crippen LogP contribution in [0.3, 0.4) is 0 Å². The predicted octanol–water partition coefficient (Wildman–Crippen LogP) is 1.92. The maximum absolute atomic E-state index is 12.2. The number of nitrogens with two attached hydrogens (primary N) is 1. The van der Waals surface area contributed by atoms with E-state index in [9.17, 15) is 8.42 Å². The molecule has 0 spiro atoms. The average Bonchev–Trinajstić information content (AvgIpc) is 2.90. The molecule has 20 heavy (non-hydrogen) atoms. The van der Waals surface area contributed by atoms with Crippen molar-refractivity contribution in [1.29, 1.82) is 0 Å². The van der Waals surface area contributed by atoms with E-state index in [1.807, 2.05) is 0 Å². The first-order valence-electron chi connectivity index (χ1n) is 5.51. The molecule has 0 amide bonds. The summed E-state index contributed by atoms with van der Waals surface area (Å²) < 4.78 is 31.4. The van der Waals surface area contributed by atoms with Crippen LogP contribution in [0.2, 0.25) is 10.0 Å². The fraction of sp³-hybridized carbons (Fsp3) is 0.182. The van der Waals surface area contributed by atoms with Crippen molar-refractivity contribution < 1.29 is 12.9 Å². The fourth-order valence-corrected chi connectivity index (χ4v) is 3.48. The van der Waals surface area contributed by atoms with Crippen LogP contribution in [0.4, 0.5) is 0 Å². The standard InChI is InChI=1S/C11H11Cl2N3O3S/c12-9-1-2-10(11(13)8(9)5-14)20(17,18)15-6-7-3-4-19-16-7/h1-4,15H,5-6,14H2. The highest BCUT2D eigenvalue weighted by atomic mass is 35.5. The van der Waals surface area contributed by atoms with Gasteiger partial charge in [0.2, 0.25) is 10.0 Å². The molecule has 0 aliphatic heterocycles. The van der Waals surface area contributed by atoms with Gasteiger partial charge in [0.05, 0.1) is 17.3 Å². The third kappa shape index (κ3) is 3.13. The van der Waals surface area contributed by atoms with E-state index in [4.69, 9.17) is 28.9 Å². The quantitative estimate of drug-likeness (QED) is 0.869. The number of nitrogens with one attached hydrogen (secondary N) is 1. The zero-order chi connectivity index (χ0) is 14.8. The van der Waals surface area contributed by atoms with Crippen molar-refractivity contribution in [3.05, 3.63) is 45.8 Å². The third-order valence-corrected chi connectivity index (χ3v) is 4.92. The molecule has 0 atom stereocenters. The molecular weight excluding hydrogens is 325 g/mol. The Labute approximate surface area is 125 Å². The number of benzene rings is 1. The van der Waals surface area contributed by atoms with Crippen molar-refractivity contribution in [3.8, 4) is 0 Å². The maximum Gasteiger partial charge on any atom is 0.242 e. The lowest BCUT2D eigenvalue weighted by molar-refractivity contribution is 0.411. The topological polar surface area (TPSA) is 98.2 Å². The zero-order valence-electron chi connectivity index (χ0n) is 10.1. The van der Waals surface area contributed by atoms with Crippen molar-refractivity contribution in [1.82, 2.24) is 9.88 Å². The van der Waals surface area contributed by atoms with Crippen LogP contribution < -0.4 is 10.5 Å². The van der Waals surface area contributed by atoms with Crippen LogP contribution in [0, 0.1) is 0 Å². The SMILES string of the molecule is NCc1c(Cl)ccc(S(=O)(=O)NCc2ccon2)c1Cl. The third-order valence-electron chi connectivity index (χ3n) is 2.58. The van der Waals surface area contributed by atoms with Gasteiger partial charge in [-0.05, 0) is 12.1 Å². The molecule has 2 aromatic rings. The van der Waals surface area contributed by atoms with E-state index < -0.39 is 10.0 Å². The van der Waals surface area contributed by atoms with E-state index in [-0.39, 0.29) is 23.0 Å². The second kappa shape index (κ2) is 6.11. The van der Waals surface area contributed by atoms with E-state index >= 15 is 0 Å². The molecule has 0 aliphatic rings. The molecule has 0 fully saturated rings. The number of rotatable bonds is 5. The molecule has 0 aliphatic carbocycles. The lowest BCUT2D eigenvalue weighted by atomic mass is 10.2. The highest BCUT2D eigenvalue weighted by Gasteiger charge is 2.21. The number of sulfonamides is 1. The number of halogens is 2. The second-order valence-electron chi connectivity index (χ2n) is 3.86. The smallest absolute Gasteiger partial charge is 0.242 e. The van der Waals surface area contributed by atoms with Gasteiger partial charge in [0.15, 0.2) is 0 Å². The first-order valence-corrected chi connectivity index (χ1v) is 7.75. The summed E-state index contributed by atoms with van der Waals surface area (Å²) in [6, 6.07) is 4.33. The number of hydrogen-bond donors (Lipinski definition) is 2. The number of aromatic nitrogens is 1. The van der Waals surface area contributed by atoms with Gasteiger partial charge in [0.1, 0.15) is 11.2 Å². The number of hydrogen-bond acceptors (Lipinski definition) is 5. The molecule has 1 aromatic heterocycles. The van der Waals surface area contributed by atoms with Crippen LogP contribution in [0.5, 0.6) is 0 Å². The van der Waals surface area contributed by atoms with Gasteiger partial charge < -0.3 is 10.3 Å². The van der Waals surface area contributed by atoms with Gasteiger partial charge in [-0.15, -0.1) is 0 Å². The van der Waals surface area contributed by atoms with Crippen molar-refractivity contribution >= 4 is 33.2 Å². The summed E-state index contributed by atoms with van der Waals surface area (Å²) in [5.41, 5.74) is 6.35. The normalized spacial score (nSPS) is 11.8. The first-order chi connectivity index (χ1) is 9.45. The average molecular weight is 336 g/mol. The summed E-state index contributed by atoms with van der Waals surface area (Å²) in [6.07, 6.45) is 1.35. The Hall–Kier alpha value is -1.12. The minimum atomic E-state index is -3.79. The Bertz CT molecular complexity index is 702. The summed E-state index contributed by atoms with van der Waals surface area (Å²) >= 11 is 11.9. The molecule has 2 rings (SSSR count). The van der Waals surface area contributed by atoms with Crippen LogP contribution in [-0.2, 0) is 23.1 Å². The summed E-state index contributed by atoms with van der Waals surface area (Å²) in [6.45, 7) is 0.0417. The molecule has 9 heteroatoms. The maximum atomic E-state index is 12.2. The van der Waals surface area contributed by atoms with Gasteiger partial charge >= 0.3 is 0 Å². The van der Waals surface area contributed by atoms with Crippen molar-refractivity contribution in [2.75, 3.05) is 0 Å².